The summed E-state index contributed by atoms with van der Waals surface area (Å²) in [7, 11) is -0.751. The Kier molecular flexibility index (Phi) is 39.7. The number of likely N-dealkylation sites (N-methyl/N-ethyl adjacent to an activating group) is 1. The highest BCUT2D eigenvalue weighted by Crippen LogP contribution is 2.43. The van der Waals surface area contributed by atoms with Gasteiger partial charge in [-0.05, 0) is 97.6 Å². The van der Waals surface area contributed by atoms with Gasteiger partial charge in [-0.25, -0.2) is 4.57 Å². The number of unbranched alkanes of at least 4 members (excludes halogenated alkanes) is 14. The number of carbonyl (C=O) groups excluding carboxylic acids is 2. The topological polar surface area (TPSA) is 112 Å². The Morgan fingerprint density at radius 3 is 1.46 bits per heavy atom. The second-order valence-electron chi connectivity index (χ2n) is 14.9. The Labute approximate surface area is 348 Å². The van der Waals surface area contributed by atoms with E-state index in [-0.39, 0.29) is 26.1 Å². The first-order chi connectivity index (χ1) is 27.7. The minimum atomic E-state index is -4.38. The van der Waals surface area contributed by atoms with Crippen LogP contribution in [0.15, 0.2) is 72.9 Å². The number of phosphoric ester groups is 1. The van der Waals surface area contributed by atoms with Crippen LogP contribution in [0.5, 0.6) is 0 Å². The van der Waals surface area contributed by atoms with Crippen molar-refractivity contribution in [3.05, 3.63) is 72.9 Å². The standard InChI is InChI=1S/C47H82NO8P/c1-5-7-9-11-13-15-17-19-21-23-25-27-29-31-33-35-37-39-46(49)53-43-45(44-55-57(51,52)54-42-41-48(3)4)56-47(50)40-38-36-34-32-30-28-26-24-22-20-18-16-14-12-10-8-6-2/h13-16,19-22,26,28,32,34,45H,5-12,17-18,23-25,27,29-31,33,35-44H2,1-4H3,(H,51,52)/b15-13-,16-14-,21-19-,22-20-,28-26-,34-32-. The largest absolute Gasteiger partial charge is 0.472 e. The maximum absolute atomic E-state index is 12.6. The SMILES string of the molecule is CCCCC/C=C\C/C=C\C/C=C\C/C=C\CCCC(=O)OC(COC(=O)CCCCCCCCC/C=C\C/C=C\CCCCC)COP(=O)(O)OCCN(C)C. The summed E-state index contributed by atoms with van der Waals surface area (Å²) < 4.78 is 33.4. The fourth-order valence-corrected chi connectivity index (χ4v) is 6.27. The molecule has 0 saturated heterocycles. The summed E-state index contributed by atoms with van der Waals surface area (Å²) in [5.41, 5.74) is 0. The summed E-state index contributed by atoms with van der Waals surface area (Å²) in [6.45, 7) is 4.18. The van der Waals surface area contributed by atoms with Gasteiger partial charge in [0.15, 0.2) is 6.10 Å². The molecule has 0 aromatic carbocycles. The highest BCUT2D eigenvalue weighted by Gasteiger charge is 2.26. The molecule has 0 fully saturated rings. The van der Waals surface area contributed by atoms with E-state index in [1.54, 1.807) is 4.90 Å². The molecular weight excluding hydrogens is 737 g/mol. The Morgan fingerprint density at radius 1 is 0.544 bits per heavy atom. The van der Waals surface area contributed by atoms with Crippen LogP contribution in [0.25, 0.3) is 0 Å². The first-order valence-electron chi connectivity index (χ1n) is 22.2. The number of ether oxygens (including phenoxy) is 2. The summed E-state index contributed by atoms with van der Waals surface area (Å²) >= 11 is 0. The molecule has 0 aliphatic heterocycles. The van der Waals surface area contributed by atoms with Gasteiger partial charge in [0.25, 0.3) is 0 Å². The molecule has 0 heterocycles. The molecule has 9 nitrogen and oxygen atoms in total. The average molecular weight is 820 g/mol. The van der Waals surface area contributed by atoms with Crippen molar-refractivity contribution < 1.29 is 37.6 Å². The molecule has 1 N–H and O–H groups in total. The first kappa shape index (κ1) is 54.5. The third-order valence-electron chi connectivity index (χ3n) is 8.99. The van der Waals surface area contributed by atoms with Gasteiger partial charge in [0.2, 0.25) is 0 Å². The van der Waals surface area contributed by atoms with Crippen LogP contribution >= 0.6 is 7.82 Å². The minimum absolute atomic E-state index is 0.00753. The van der Waals surface area contributed by atoms with Crippen LogP contribution in [0.2, 0.25) is 0 Å². The van der Waals surface area contributed by atoms with E-state index < -0.39 is 32.5 Å². The molecule has 0 spiro atoms. The molecule has 2 unspecified atom stereocenters. The number of esters is 2. The van der Waals surface area contributed by atoms with Crippen molar-refractivity contribution >= 4 is 19.8 Å². The van der Waals surface area contributed by atoms with E-state index in [1.165, 1.54) is 70.6 Å². The predicted molar refractivity (Wildman–Crippen MR) is 238 cm³/mol. The van der Waals surface area contributed by atoms with E-state index in [0.29, 0.717) is 19.4 Å². The highest BCUT2D eigenvalue weighted by molar-refractivity contribution is 7.47. The van der Waals surface area contributed by atoms with Gasteiger partial charge >= 0.3 is 19.8 Å². The molecule has 0 aliphatic rings. The van der Waals surface area contributed by atoms with E-state index in [9.17, 15) is 19.0 Å². The van der Waals surface area contributed by atoms with Gasteiger partial charge in [-0.1, -0.05) is 145 Å². The number of nitrogens with zero attached hydrogens (tertiary/aromatic N) is 1. The van der Waals surface area contributed by atoms with Gasteiger partial charge in [-0.15, -0.1) is 0 Å². The fraction of sp³-hybridized carbons (Fsp3) is 0.702. The van der Waals surface area contributed by atoms with E-state index >= 15 is 0 Å². The molecule has 0 bridgehead atoms. The molecule has 0 saturated carbocycles. The van der Waals surface area contributed by atoms with Gasteiger partial charge in [-0.3, -0.25) is 18.6 Å². The molecule has 2 atom stereocenters. The zero-order chi connectivity index (χ0) is 41.9. The monoisotopic (exact) mass is 820 g/mol. The lowest BCUT2D eigenvalue weighted by molar-refractivity contribution is -0.161. The number of hydrogen-bond donors (Lipinski definition) is 1. The maximum Gasteiger partial charge on any atom is 0.472 e. The Morgan fingerprint density at radius 2 is 0.965 bits per heavy atom. The zero-order valence-corrected chi connectivity index (χ0v) is 37.4. The van der Waals surface area contributed by atoms with Crippen molar-refractivity contribution in [2.45, 2.75) is 174 Å². The van der Waals surface area contributed by atoms with Crippen LogP contribution < -0.4 is 0 Å². The van der Waals surface area contributed by atoms with Crippen LogP contribution in [0.4, 0.5) is 0 Å². The second kappa shape index (κ2) is 41.6. The van der Waals surface area contributed by atoms with Crippen LogP contribution in [-0.4, -0.2) is 68.3 Å². The second-order valence-corrected chi connectivity index (χ2v) is 16.3. The summed E-state index contributed by atoms with van der Waals surface area (Å²) in [4.78, 5) is 37.0. The van der Waals surface area contributed by atoms with E-state index in [0.717, 1.165) is 57.8 Å². The predicted octanol–water partition coefficient (Wildman–Crippen LogP) is 12.9. The molecule has 0 aromatic heterocycles. The number of hydrogen-bond acceptors (Lipinski definition) is 8. The quantitative estimate of drug-likeness (QED) is 0.0279. The highest BCUT2D eigenvalue weighted by atomic mass is 31.2. The molecule has 57 heavy (non-hydrogen) atoms. The third kappa shape index (κ3) is 42.9. The van der Waals surface area contributed by atoms with E-state index in [4.69, 9.17) is 18.5 Å². The van der Waals surface area contributed by atoms with E-state index in [1.807, 2.05) is 20.2 Å². The van der Waals surface area contributed by atoms with Gasteiger partial charge in [0.1, 0.15) is 6.61 Å². The summed E-state index contributed by atoms with van der Waals surface area (Å²) in [5.74, 6) is -0.883. The van der Waals surface area contributed by atoms with Crippen molar-refractivity contribution in [3.8, 4) is 0 Å². The minimum Gasteiger partial charge on any atom is -0.462 e. The number of phosphoric acid groups is 1. The molecule has 0 amide bonds. The molecule has 0 aliphatic carbocycles. The molecule has 0 radical (unpaired) electrons. The van der Waals surface area contributed by atoms with Crippen LogP contribution in [0.3, 0.4) is 0 Å². The van der Waals surface area contributed by atoms with Crippen molar-refractivity contribution in [2.75, 3.05) is 40.5 Å². The molecular formula is C47H82NO8P. The van der Waals surface area contributed by atoms with E-state index in [2.05, 4.69) is 80.7 Å². The summed E-state index contributed by atoms with van der Waals surface area (Å²) in [6, 6.07) is 0. The number of carbonyl (C=O) groups is 2. The number of rotatable bonds is 40. The zero-order valence-electron chi connectivity index (χ0n) is 36.5. The average Bonchev–Trinajstić information content (AvgIpc) is 3.18. The van der Waals surface area contributed by atoms with Gasteiger partial charge in [0.05, 0.1) is 13.2 Å². The lowest BCUT2D eigenvalue weighted by Crippen LogP contribution is -2.29. The lowest BCUT2D eigenvalue weighted by Gasteiger charge is -2.20. The lowest BCUT2D eigenvalue weighted by atomic mass is 10.1. The smallest absolute Gasteiger partial charge is 0.462 e. The van der Waals surface area contributed by atoms with Gasteiger partial charge in [0, 0.05) is 19.4 Å². The van der Waals surface area contributed by atoms with Gasteiger partial charge < -0.3 is 19.3 Å². The Bertz CT molecular complexity index is 1180. The van der Waals surface area contributed by atoms with Crippen molar-refractivity contribution in [1.82, 2.24) is 4.90 Å². The van der Waals surface area contributed by atoms with Crippen LogP contribution in [0, 0.1) is 0 Å². The maximum atomic E-state index is 12.6. The van der Waals surface area contributed by atoms with Crippen LogP contribution in [-0.2, 0) is 32.7 Å². The van der Waals surface area contributed by atoms with Gasteiger partial charge in [-0.2, -0.15) is 0 Å². The van der Waals surface area contributed by atoms with Crippen molar-refractivity contribution in [3.63, 3.8) is 0 Å². The Balaban J connectivity index is 4.40. The Hall–Kier alpha value is -2.55. The molecule has 328 valence electrons. The normalized spacial score (nSPS) is 14.1. The summed E-state index contributed by atoms with van der Waals surface area (Å²) in [6.07, 6.45) is 49.5. The molecule has 0 rings (SSSR count). The molecule has 0 aromatic rings. The molecule has 10 heteroatoms. The van der Waals surface area contributed by atoms with Crippen LogP contribution in [0.1, 0.15) is 168 Å². The number of allylic oxidation sites excluding steroid dienone is 12. The van der Waals surface area contributed by atoms with Crippen molar-refractivity contribution in [1.29, 1.82) is 0 Å². The fourth-order valence-electron chi connectivity index (χ4n) is 5.53. The summed E-state index contributed by atoms with van der Waals surface area (Å²) in [5, 5.41) is 0. The first-order valence-corrected chi connectivity index (χ1v) is 23.7. The van der Waals surface area contributed by atoms with Crippen molar-refractivity contribution in [2.24, 2.45) is 0 Å². The third-order valence-corrected chi connectivity index (χ3v) is 9.97.